The zero-order chi connectivity index (χ0) is 18.6. The Morgan fingerprint density at radius 3 is 2.08 bits per heavy atom. The summed E-state index contributed by atoms with van der Waals surface area (Å²) in [6.07, 6.45) is 1.06. The number of likely N-dealkylation sites (tertiary alicyclic amines) is 1. The highest BCUT2D eigenvalue weighted by Crippen LogP contribution is 2.29. The number of primary sulfonamides is 1. The van der Waals surface area contributed by atoms with Gasteiger partial charge in [-0.25, -0.2) is 13.6 Å². The number of amides is 1. The summed E-state index contributed by atoms with van der Waals surface area (Å²) in [5, 5.41) is 5.14. The van der Waals surface area contributed by atoms with Gasteiger partial charge in [0.1, 0.15) is 0 Å². The number of nitrogens with two attached hydrogens (primary N) is 1. The van der Waals surface area contributed by atoms with Gasteiger partial charge in [-0.1, -0.05) is 60.7 Å². The second-order valence-corrected chi connectivity index (χ2v) is 8.56. The van der Waals surface area contributed by atoms with Gasteiger partial charge in [0.05, 0.1) is 5.75 Å². The first-order valence-corrected chi connectivity index (χ1v) is 10.5. The number of carbonyl (C=O) groups is 1. The topological polar surface area (TPSA) is 80.5 Å². The second kappa shape index (κ2) is 8.01. The van der Waals surface area contributed by atoms with E-state index in [0.29, 0.717) is 25.9 Å². The molecule has 0 unspecified atom stereocenters. The van der Waals surface area contributed by atoms with Crippen molar-refractivity contribution in [2.45, 2.75) is 18.8 Å². The largest absolute Gasteiger partial charge is 0.342 e. The Morgan fingerprint density at radius 2 is 1.58 bits per heavy atom. The molecule has 0 aliphatic carbocycles. The first-order chi connectivity index (χ1) is 12.4. The highest BCUT2D eigenvalue weighted by molar-refractivity contribution is 7.89. The van der Waals surface area contributed by atoms with Gasteiger partial charge in [-0.2, -0.15) is 0 Å². The van der Waals surface area contributed by atoms with Crippen molar-refractivity contribution in [3.05, 3.63) is 71.8 Å². The summed E-state index contributed by atoms with van der Waals surface area (Å²) in [6, 6.07) is 20.0. The molecule has 2 aromatic carbocycles. The minimum atomic E-state index is -3.50. The third kappa shape index (κ3) is 4.93. The van der Waals surface area contributed by atoms with Gasteiger partial charge < -0.3 is 4.90 Å². The summed E-state index contributed by atoms with van der Waals surface area (Å²) in [5.41, 5.74) is 2.21. The van der Waals surface area contributed by atoms with E-state index in [1.807, 2.05) is 60.7 Å². The second-order valence-electron chi connectivity index (χ2n) is 6.90. The summed E-state index contributed by atoms with van der Waals surface area (Å²) in [4.78, 5) is 14.6. The van der Waals surface area contributed by atoms with Crippen molar-refractivity contribution in [1.82, 2.24) is 4.90 Å². The van der Waals surface area contributed by atoms with Crippen LogP contribution in [0.2, 0.25) is 0 Å². The molecule has 138 valence electrons. The molecular formula is C20H24N2O3S. The molecule has 1 heterocycles. The van der Waals surface area contributed by atoms with Gasteiger partial charge in [-0.3, -0.25) is 4.79 Å². The molecule has 1 atom stereocenters. The molecule has 6 heteroatoms. The highest BCUT2D eigenvalue weighted by atomic mass is 32.2. The van der Waals surface area contributed by atoms with Gasteiger partial charge in [0.25, 0.3) is 0 Å². The molecule has 0 radical (unpaired) electrons. The van der Waals surface area contributed by atoms with Gasteiger partial charge >= 0.3 is 0 Å². The SMILES string of the molecule is NS(=O)(=O)C[C@H]1CCN(C(=O)CC(c2ccccc2)c2ccccc2)C1. The fraction of sp³-hybridized carbons (Fsp3) is 0.350. The van der Waals surface area contributed by atoms with E-state index in [1.54, 1.807) is 4.90 Å². The molecule has 1 fully saturated rings. The van der Waals surface area contributed by atoms with Crippen LogP contribution in [0.5, 0.6) is 0 Å². The maximum Gasteiger partial charge on any atom is 0.223 e. The Bertz CT molecular complexity index is 798. The molecular weight excluding hydrogens is 348 g/mol. The quantitative estimate of drug-likeness (QED) is 0.845. The zero-order valence-corrected chi connectivity index (χ0v) is 15.4. The van der Waals surface area contributed by atoms with Crippen LogP contribution in [0.15, 0.2) is 60.7 Å². The number of carbonyl (C=O) groups excluding carboxylic acids is 1. The van der Waals surface area contributed by atoms with Crippen LogP contribution in [0.4, 0.5) is 0 Å². The van der Waals surface area contributed by atoms with Crippen LogP contribution in [0.3, 0.4) is 0 Å². The summed E-state index contributed by atoms with van der Waals surface area (Å²) in [7, 11) is -3.50. The van der Waals surface area contributed by atoms with E-state index in [9.17, 15) is 13.2 Å². The molecule has 1 amide bonds. The molecule has 2 aromatic rings. The van der Waals surface area contributed by atoms with Crippen molar-refractivity contribution in [1.29, 1.82) is 0 Å². The lowest BCUT2D eigenvalue weighted by Gasteiger charge is -2.22. The minimum Gasteiger partial charge on any atom is -0.342 e. The van der Waals surface area contributed by atoms with E-state index in [4.69, 9.17) is 5.14 Å². The van der Waals surface area contributed by atoms with Gasteiger partial charge in [-0.15, -0.1) is 0 Å². The van der Waals surface area contributed by atoms with Gasteiger partial charge in [0.2, 0.25) is 15.9 Å². The number of rotatable bonds is 6. The summed E-state index contributed by atoms with van der Waals surface area (Å²) >= 11 is 0. The molecule has 0 bridgehead atoms. The number of sulfonamides is 1. The summed E-state index contributed by atoms with van der Waals surface area (Å²) < 4.78 is 22.6. The average molecular weight is 372 g/mol. The fourth-order valence-corrected chi connectivity index (χ4v) is 4.56. The number of benzene rings is 2. The Kier molecular flexibility index (Phi) is 5.74. The molecule has 26 heavy (non-hydrogen) atoms. The van der Waals surface area contributed by atoms with Gasteiger partial charge in [-0.05, 0) is 23.5 Å². The van der Waals surface area contributed by atoms with Crippen LogP contribution in [-0.2, 0) is 14.8 Å². The van der Waals surface area contributed by atoms with Crippen molar-refractivity contribution < 1.29 is 13.2 Å². The fourth-order valence-electron chi connectivity index (χ4n) is 3.63. The molecule has 3 rings (SSSR count). The Hall–Kier alpha value is -2.18. The lowest BCUT2D eigenvalue weighted by molar-refractivity contribution is -0.130. The van der Waals surface area contributed by atoms with E-state index in [-0.39, 0.29) is 23.5 Å². The van der Waals surface area contributed by atoms with Crippen molar-refractivity contribution in [2.24, 2.45) is 11.1 Å². The summed E-state index contributed by atoms with van der Waals surface area (Å²) in [6.45, 7) is 1.06. The Balaban J connectivity index is 1.73. The smallest absolute Gasteiger partial charge is 0.223 e. The summed E-state index contributed by atoms with van der Waals surface area (Å²) in [5.74, 6) is -0.0833. The van der Waals surface area contributed by atoms with Crippen LogP contribution in [0.25, 0.3) is 0 Å². The molecule has 5 nitrogen and oxygen atoms in total. The molecule has 2 N–H and O–H groups in total. The highest BCUT2D eigenvalue weighted by Gasteiger charge is 2.30. The normalized spacial score (nSPS) is 17.6. The van der Waals surface area contributed by atoms with E-state index in [2.05, 4.69) is 0 Å². The first kappa shape index (κ1) is 18.6. The van der Waals surface area contributed by atoms with Crippen LogP contribution in [0, 0.1) is 5.92 Å². The molecule has 0 saturated carbocycles. The lowest BCUT2D eigenvalue weighted by Crippen LogP contribution is -2.31. The van der Waals surface area contributed by atoms with Crippen LogP contribution >= 0.6 is 0 Å². The number of nitrogens with zero attached hydrogens (tertiary/aromatic N) is 1. The van der Waals surface area contributed by atoms with Crippen molar-refractivity contribution in [3.63, 3.8) is 0 Å². The molecule has 1 aliphatic rings. The predicted octanol–water partition coefficient (Wildman–Crippen LogP) is 2.35. The van der Waals surface area contributed by atoms with E-state index >= 15 is 0 Å². The molecule has 1 saturated heterocycles. The van der Waals surface area contributed by atoms with Crippen LogP contribution in [-0.4, -0.2) is 38.1 Å². The number of hydrogen-bond acceptors (Lipinski definition) is 3. The molecule has 0 spiro atoms. The third-order valence-electron chi connectivity index (χ3n) is 4.89. The van der Waals surface area contributed by atoms with Crippen molar-refractivity contribution in [3.8, 4) is 0 Å². The molecule has 0 aromatic heterocycles. The van der Waals surface area contributed by atoms with Crippen molar-refractivity contribution >= 4 is 15.9 Å². The zero-order valence-electron chi connectivity index (χ0n) is 14.6. The standard InChI is InChI=1S/C20H24N2O3S/c21-26(24,25)15-16-11-12-22(14-16)20(23)13-19(17-7-3-1-4-8-17)18-9-5-2-6-10-18/h1-10,16,19H,11-15H2,(H2,21,24,25)/t16-/m0/s1. The maximum absolute atomic E-state index is 12.9. The minimum absolute atomic E-state index is 0.0119. The van der Waals surface area contributed by atoms with Gasteiger partial charge in [0, 0.05) is 25.4 Å². The Morgan fingerprint density at radius 1 is 1.04 bits per heavy atom. The van der Waals surface area contributed by atoms with E-state index in [1.165, 1.54) is 0 Å². The van der Waals surface area contributed by atoms with Crippen LogP contribution in [0.1, 0.15) is 29.9 Å². The van der Waals surface area contributed by atoms with Gasteiger partial charge in [0.15, 0.2) is 0 Å². The lowest BCUT2D eigenvalue weighted by atomic mass is 9.88. The monoisotopic (exact) mass is 372 g/mol. The molecule has 1 aliphatic heterocycles. The third-order valence-corrected chi connectivity index (χ3v) is 5.83. The average Bonchev–Trinajstić information content (AvgIpc) is 3.07. The van der Waals surface area contributed by atoms with E-state index in [0.717, 1.165) is 11.1 Å². The van der Waals surface area contributed by atoms with Crippen LogP contribution < -0.4 is 5.14 Å². The van der Waals surface area contributed by atoms with E-state index < -0.39 is 10.0 Å². The Labute approximate surface area is 154 Å². The predicted molar refractivity (Wildman–Crippen MR) is 102 cm³/mol. The first-order valence-electron chi connectivity index (χ1n) is 8.80. The number of hydrogen-bond donors (Lipinski definition) is 1. The maximum atomic E-state index is 12.9. The van der Waals surface area contributed by atoms with Crippen molar-refractivity contribution in [2.75, 3.05) is 18.8 Å².